The lowest BCUT2D eigenvalue weighted by Crippen LogP contribution is -2.44. The maximum Gasteiger partial charge on any atom is 0.331 e. The van der Waals surface area contributed by atoms with Crippen molar-refractivity contribution in [2.75, 3.05) is 108 Å². The molecule has 0 aromatic carbocycles. The van der Waals surface area contributed by atoms with Crippen LogP contribution < -0.4 is 10.6 Å². The molecular formula is C24H40N2O16. The van der Waals surface area contributed by atoms with Crippen molar-refractivity contribution in [3.8, 4) is 0 Å². The number of methoxy groups -OCH3 is 4. The third-order valence-electron chi connectivity index (χ3n) is 4.64. The molecule has 2 amide bonds. The normalized spacial score (nSPS) is 10.7. The molecule has 0 saturated carbocycles. The molecule has 42 heavy (non-hydrogen) atoms. The van der Waals surface area contributed by atoms with Crippen LogP contribution in [0.1, 0.15) is 0 Å². The van der Waals surface area contributed by atoms with Gasteiger partial charge in [-0.3, -0.25) is 9.59 Å². The van der Waals surface area contributed by atoms with Gasteiger partial charge in [-0.25, -0.2) is 19.2 Å². The predicted octanol–water partition coefficient (Wildman–Crippen LogP) is -3.25. The molecule has 0 fully saturated rings. The molecule has 0 unspecified atom stereocenters. The Morgan fingerprint density at radius 1 is 0.429 bits per heavy atom. The number of esters is 4. The van der Waals surface area contributed by atoms with E-state index in [1.54, 1.807) is 0 Å². The molecule has 0 spiro atoms. The van der Waals surface area contributed by atoms with E-state index in [0.29, 0.717) is 0 Å². The summed E-state index contributed by atoms with van der Waals surface area (Å²) in [6.07, 6.45) is 0. The number of ether oxygens (including phenoxy) is 10. The van der Waals surface area contributed by atoms with E-state index >= 15 is 0 Å². The first kappa shape index (κ1) is 38.6. The predicted molar refractivity (Wildman–Crippen MR) is 137 cm³/mol. The molecule has 0 aromatic rings. The molecule has 0 bridgehead atoms. The quantitative estimate of drug-likeness (QED) is 0.0587. The maximum atomic E-state index is 12.2. The largest absolute Gasteiger partial charge is 0.467 e. The SMILES string of the molecule is COC(=O)COCC(COCC(=O)OC)NC(=O)COCCOCC(=O)NC(COCC(=O)OC)COCC(=O)OC. The molecule has 0 heterocycles. The second-order valence-corrected chi connectivity index (χ2v) is 8.00. The van der Waals surface area contributed by atoms with Gasteiger partial charge in [0.25, 0.3) is 0 Å². The van der Waals surface area contributed by atoms with Gasteiger partial charge in [-0.2, -0.15) is 0 Å². The van der Waals surface area contributed by atoms with Crippen LogP contribution in [-0.2, 0) is 76.1 Å². The topological polar surface area (TPSA) is 219 Å². The summed E-state index contributed by atoms with van der Waals surface area (Å²) in [5.41, 5.74) is 0. The van der Waals surface area contributed by atoms with Crippen LogP contribution in [0.2, 0.25) is 0 Å². The van der Waals surface area contributed by atoms with Crippen molar-refractivity contribution in [3.63, 3.8) is 0 Å². The van der Waals surface area contributed by atoms with Crippen molar-refractivity contribution in [1.29, 1.82) is 0 Å². The highest BCUT2D eigenvalue weighted by Gasteiger charge is 2.17. The Morgan fingerprint density at radius 2 is 0.690 bits per heavy atom. The van der Waals surface area contributed by atoms with E-state index in [4.69, 9.17) is 28.4 Å². The fourth-order valence-electron chi connectivity index (χ4n) is 2.62. The minimum absolute atomic E-state index is 0.0308. The third kappa shape index (κ3) is 22.3. The molecule has 0 aliphatic rings. The number of rotatable bonds is 25. The zero-order valence-electron chi connectivity index (χ0n) is 24.2. The van der Waals surface area contributed by atoms with Crippen molar-refractivity contribution in [3.05, 3.63) is 0 Å². The van der Waals surface area contributed by atoms with Crippen LogP contribution in [-0.4, -0.2) is 155 Å². The number of carbonyl (C=O) groups is 6. The van der Waals surface area contributed by atoms with Gasteiger partial charge < -0.3 is 58.0 Å². The molecule has 0 aromatic heterocycles. The van der Waals surface area contributed by atoms with E-state index in [1.165, 1.54) is 28.4 Å². The number of hydrogen-bond donors (Lipinski definition) is 2. The van der Waals surface area contributed by atoms with E-state index in [-0.39, 0.29) is 79.3 Å². The second kappa shape index (κ2) is 25.3. The molecule has 0 aliphatic heterocycles. The van der Waals surface area contributed by atoms with E-state index in [9.17, 15) is 28.8 Å². The Bertz CT molecular complexity index is 714. The number of hydrogen-bond acceptors (Lipinski definition) is 16. The zero-order valence-corrected chi connectivity index (χ0v) is 24.2. The monoisotopic (exact) mass is 612 g/mol. The smallest absolute Gasteiger partial charge is 0.331 e. The Balaban J connectivity index is 4.40. The summed E-state index contributed by atoms with van der Waals surface area (Å²) in [6, 6.07) is -1.42. The first-order valence-electron chi connectivity index (χ1n) is 12.5. The fourth-order valence-corrected chi connectivity index (χ4v) is 2.62. The van der Waals surface area contributed by atoms with Gasteiger partial charge in [-0.15, -0.1) is 0 Å². The minimum atomic E-state index is -0.712. The van der Waals surface area contributed by atoms with Crippen LogP contribution in [0.5, 0.6) is 0 Å². The average Bonchev–Trinajstić information content (AvgIpc) is 2.97. The van der Waals surface area contributed by atoms with Crippen LogP contribution in [0.3, 0.4) is 0 Å². The number of amides is 2. The Labute approximate surface area is 242 Å². The molecule has 0 saturated heterocycles. The van der Waals surface area contributed by atoms with Gasteiger partial charge in [0.05, 0.1) is 80.2 Å². The van der Waals surface area contributed by atoms with Crippen molar-refractivity contribution < 1.29 is 76.1 Å². The van der Waals surface area contributed by atoms with Crippen LogP contribution in [0.25, 0.3) is 0 Å². The maximum absolute atomic E-state index is 12.2. The Hall–Kier alpha value is -3.42. The molecule has 2 N–H and O–H groups in total. The first-order valence-corrected chi connectivity index (χ1v) is 12.5. The third-order valence-corrected chi connectivity index (χ3v) is 4.64. The highest BCUT2D eigenvalue weighted by atomic mass is 16.6. The minimum Gasteiger partial charge on any atom is -0.467 e. The van der Waals surface area contributed by atoms with Crippen LogP contribution >= 0.6 is 0 Å². The molecule has 0 atom stereocenters. The average molecular weight is 613 g/mol. The van der Waals surface area contributed by atoms with E-state index in [0.717, 1.165) is 0 Å². The summed E-state index contributed by atoms with van der Waals surface area (Å²) in [5.74, 6) is -3.52. The van der Waals surface area contributed by atoms with Gasteiger partial charge in [0.2, 0.25) is 11.8 Å². The van der Waals surface area contributed by atoms with Gasteiger partial charge in [-0.05, 0) is 0 Å². The Kier molecular flexibility index (Phi) is 23.2. The molecule has 242 valence electrons. The van der Waals surface area contributed by atoms with E-state index in [1.807, 2.05) is 0 Å². The van der Waals surface area contributed by atoms with Gasteiger partial charge in [0.15, 0.2) is 0 Å². The highest BCUT2D eigenvalue weighted by molar-refractivity contribution is 5.78. The summed E-state index contributed by atoms with van der Waals surface area (Å²) >= 11 is 0. The van der Waals surface area contributed by atoms with Crippen molar-refractivity contribution in [2.24, 2.45) is 0 Å². The number of nitrogens with one attached hydrogen (secondary N) is 2. The van der Waals surface area contributed by atoms with Gasteiger partial charge >= 0.3 is 23.9 Å². The molecule has 0 rings (SSSR count). The summed E-state index contributed by atoms with van der Waals surface area (Å²) in [4.78, 5) is 69.2. The van der Waals surface area contributed by atoms with Gasteiger partial charge in [-0.1, -0.05) is 0 Å². The lowest BCUT2D eigenvalue weighted by atomic mass is 10.3. The zero-order chi connectivity index (χ0) is 31.6. The van der Waals surface area contributed by atoms with Crippen LogP contribution in [0, 0.1) is 0 Å². The second-order valence-electron chi connectivity index (χ2n) is 8.00. The molecule has 0 aliphatic carbocycles. The fraction of sp³-hybridized carbons (Fsp3) is 0.750. The summed E-state index contributed by atoms with van der Waals surface area (Å²) < 4.78 is 49.0. The highest BCUT2D eigenvalue weighted by Crippen LogP contribution is 1.94. The van der Waals surface area contributed by atoms with Crippen molar-refractivity contribution in [2.45, 2.75) is 12.1 Å². The molecule has 18 heteroatoms. The molecule has 18 nitrogen and oxygen atoms in total. The first-order chi connectivity index (χ1) is 20.1. The molecule has 0 radical (unpaired) electrons. The lowest BCUT2D eigenvalue weighted by Gasteiger charge is -2.19. The van der Waals surface area contributed by atoms with E-state index < -0.39 is 47.8 Å². The molecular weight excluding hydrogens is 572 g/mol. The van der Waals surface area contributed by atoms with Gasteiger partial charge in [0.1, 0.15) is 39.6 Å². The van der Waals surface area contributed by atoms with Crippen LogP contribution in [0.15, 0.2) is 0 Å². The van der Waals surface area contributed by atoms with Crippen molar-refractivity contribution >= 4 is 35.7 Å². The Morgan fingerprint density at radius 3 is 0.929 bits per heavy atom. The lowest BCUT2D eigenvalue weighted by molar-refractivity contribution is -0.149. The van der Waals surface area contributed by atoms with E-state index in [2.05, 4.69) is 29.6 Å². The summed E-state index contributed by atoms with van der Waals surface area (Å²) in [5, 5.41) is 5.16. The van der Waals surface area contributed by atoms with Crippen LogP contribution in [0.4, 0.5) is 0 Å². The number of carbonyl (C=O) groups excluding carboxylic acids is 6. The summed E-state index contributed by atoms with van der Waals surface area (Å²) in [6.45, 7) is -2.60. The van der Waals surface area contributed by atoms with Crippen molar-refractivity contribution in [1.82, 2.24) is 10.6 Å². The standard InChI is InChI=1S/C24H40N2O16/c1-33-21(29)13-39-7-17(8-40-14-22(30)34-2)25-19(27)11-37-5-6-38-12-20(28)26-18(9-41-15-23(31)35-3)10-42-16-24(32)36-4/h17-18H,5-16H2,1-4H3,(H,25,27)(H,26,28). The summed E-state index contributed by atoms with van der Waals surface area (Å²) in [7, 11) is 4.80. The van der Waals surface area contributed by atoms with Gasteiger partial charge in [0, 0.05) is 0 Å².